The van der Waals surface area contributed by atoms with E-state index >= 15 is 0 Å². The Labute approximate surface area is 147 Å². The number of pyridine rings is 1. The van der Waals surface area contributed by atoms with Crippen molar-refractivity contribution in [2.45, 2.75) is 45.6 Å². The van der Waals surface area contributed by atoms with Crippen LogP contribution in [0.15, 0.2) is 36.5 Å². The number of aromatic nitrogens is 1. The predicted molar refractivity (Wildman–Crippen MR) is 97.6 cm³/mol. The molecule has 25 heavy (non-hydrogen) atoms. The maximum absolute atomic E-state index is 12.8. The fraction of sp³-hybridized carbons (Fsp3) is 0.350. The first kappa shape index (κ1) is 17.1. The number of fused-ring (bicyclic) bond motifs is 1. The molecule has 1 aliphatic heterocycles. The van der Waals surface area contributed by atoms with Gasteiger partial charge in [0.1, 0.15) is 0 Å². The Morgan fingerprint density at radius 1 is 1.20 bits per heavy atom. The molecule has 5 nitrogen and oxygen atoms in total. The van der Waals surface area contributed by atoms with E-state index in [1.807, 2.05) is 46.8 Å². The molecule has 1 aromatic heterocycles. The predicted octanol–water partition coefficient (Wildman–Crippen LogP) is 3.28. The molecule has 0 bridgehead atoms. The monoisotopic (exact) mass is 337 g/mol. The quantitative estimate of drug-likeness (QED) is 0.903. The number of carbonyl (C=O) groups excluding carboxylic acids is 2. The van der Waals surface area contributed by atoms with Gasteiger partial charge >= 0.3 is 0 Å². The third-order valence-electron chi connectivity index (χ3n) is 4.83. The van der Waals surface area contributed by atoms with E-state index in [4.69, 9.17) is 0 Å². The van der Waals surface area contributed by atoms with Crippen LogP contribution >= 0.6 is 0 Å². The smallest absolute Gasteiger partial charge is 0.251 e. The van der Waals surface area contributed by atoms with Gasteiger partial charge in [-0.1, -0.05) is 6.07 Å². The van der Waals surface area contributed by atoms with Crippen molar-refractivity contribution in [3.8, 4) is 0 Å². The average molecular weight is 337 g/mol. The van der Waals surface area contributed by atoms with Gasteiger partial charge in [-0.15, -0.1) is 0 Å². The van der Waals surface area contributed by atoms with E-state index in [2.05, 4.69) is 15.6 Å². The zero-order valence-electron chi connectivity index (χ0n) is 15.2. The maximum atomic E-state index is 12.8. The minimum atomic E-state index is -0.637. The Hall–Kier alpha value is -2.69. The van der Waals surface area contributed by atoms with E-state index < -0.39 is 11.0 Å². The number of amides is 2. The van der Waals surface area contributed by atoms with E-state index in [1.54, 1.807) is 24.4 Å². The van der Waals surface area contributed by atoms with E-state index in [0.29, 0.717) is 5.56 Å². The Morgan fingerprint density at radius 3 is 2.56 bits per heavy atom. The summed E-state index contributed by atoms with van der Waals surface area (Å²) in [5, 5.41) is 5.91. The molecule has 0 aliphatic carbocycles. The summed E-state index contributed by atoms with van der Waals surface area (Å²) in [7, 11) is 0. The van der Waals surface area contributed by atoms with Crippen molar-refractivity contribution in [3.05, 3.63) is 58.9 Å². The third-order valence-corrected chi connectivity index (χ3v) is 4.83. The van der Waals surface area contributed by atoms with Gasteiger partial charge in [-0.2, -0.15) is 0 Å². The minimum absolute atomic E-state index is 0.0499. The zero-order valence-corrected chi connectivity index (χ0v) is 15.2. The molecular formula is C20H23N3O2. The van der Waals surface area contributed by atoms with Crippen LogP contribution < -0.4 is 10.6 Å². The van der Waals surface area contributed by atoms with Crippen LogP contribution in [0.2, 0.25) is 0 Å². The lowest BCUT2D eigenvalue weighted by Gasteiger charge is -2.27. The normalized spacial score (nSPS) is 15.5. The molecule has 0 atom stereocenters. The van der Waals surface area contributed by atoms with E-state index in [0.717, 1.165) is 22.5 Å². The molecule has 2 aromatic rings. The second kappa shape index (κ2) is 5.69. The van der Waals surface area contributed by atoms with Gasteiger partial charge in [0, 0.05) is 23.1 Å². The highest BCUT2D eigenvalue weighted by atomic mass is 16.2. The highest BCUT2D eigenvalue weighted by molar-refractivity contribution is 6.07. The number of hydrogen-bond acceptors (Lipinski definition) is 3. The summed E-state index contributed by atoms with van der Waals surface area (Å²) in [5.41, 5.74) is 2.83. The van der Waals surface area contributed by atoms with Gasteiger partial charge in [0.25, 0.3) is 5.91 Å². The Kier molecular flexibility index (Phi) is 3.90. The molecule has 130 valence electrons. The molecule has 0 spiro atoms. The number of rotatable bonds is 3. The Bertz CT molecular complexity index is 852. The molecule has 2 amide bonds. The van der Waals surface area contributed by atoms with Crippen LogP contribution in [0.3, 0.4) is 0 Å². The second-order valence-electron chi connectivity index (χ2n) is 7.61. The second-order valence-corrected chi connectivity index (χ2v) is 7.61. The standard InChI is InChI=1S/C20H23N3O2/c1-12-6-8-14(11-21-12)20(4,5)23-17(24)13-7-9-16-15(10-13)19(2,3)18(25)22-16/h6-11H,1-5H3,(H,22,25)(H,23,24). The first-order valence-corrected chi connectivity index (χ1v) is 8.33. The van der Waals surface area contributed by atoms with E-state index in [-0.39, 0.29) is 11.8 Å². The number of anilines is 1. The van der Waals surface area contributed by atoms with Crippen LogP contribution in [0.5, 0.6) is 0 Å². The first-order valence-electron chi connectivity index (χ1n) is 8.33. The molecule has 0 unspecified atom stereocenters. The van der Waals surface area contributed by atoms with Crippen molar-refractivity contribution >= 4 is 17.5 Å². The summed E-state index contributed by atoms with van der Waals surface area (Å²) in [6.07, 6.45) is 1.78. The molecule has 1 aliphatic rings. The maximum Gasteiger partial charge on any atom is 0.251 e. The SMILES string of the molecule is Cc1ccc(C(C)(C)NC(=O)c2ccc3c(c2)C(C)(C)C(=O)N3)cn1. The summed E-state index contributed by atoms with van der Waals surface area (Å²) in [4.78, 5) is 29.1. The van der Waals surface area contributed by atoms with E-state index in [1.165, 1.54) is 0 Å². The molecule has 0 saturated carbocycles. The van der Waals surface area contributed by atoms with Crippen LogP contribution in [0.4, 0.5) is 5.69 Å². The number of nitrogens with zero attached hydrogens (tertiary/aromatic N) is 1. The van der Waals surface area contributed by atoms with Gasteiger partial charge in [0.2, 0.25) is 5.91 Å². The topological polar surface area (TPSA) is 71.1 Å². The Morgan fingerprint density at radius 2 is 1.92 bits per heavy atom. The van der Waals surface area contributed by atoms with Crippen molar-refractivity contribution in [1.82, 2.24) is 10.3 Å². The van der Waals surface area contributed by atoms with Gasteiger partial charge in [-0.3, -0.25) is 14.6 Å². The highest BCUT2D eigenvalue weighted by Gasteiger charge is 2.38. The summed E-state index contributed by atoms with van der Waals surface area (Å²) in [5.74, 6) is -0.227. The number of aryl methyl sites for hydroxylation is 1. The summed E-state index contributed by atoms with van der Waals surface area (Å²) in [6.45, 7) is 9.53. The van der Waals surface area contributed by atoms with Crippen LogP contribution in [-0.4, -0.2) is 16.8 Å². The molecule has 0 radical (unpaired) electrons. The fourth-order valence-electron chi connectivity index (χ4n) is 2.98. The van der Waals surface area contributed by atoms with Gasteiger partial charge in [0.05, 0.1) is 11.0 Å². The largest absolute Gasteiger partial charge is 0.343 e. The summed E-state index contributed by atoms with van der Waals surface area (Å²) >= 11 is 0. The molecule has 0 fully saturated rings. The van der Waals surface area contributed by atoms with Crippen molar-refractivity contribution in [1.29, 1.82) is 0 Å². The molecule has 1 aromatic carbocycles. The molecule has 3 rings (SSSR count). The van der Waals surface area contributed by atoms with E-state index in [9.17, 15) is 9.59 Å². The van der Waals surface area contributed by atoms with Gasteiger partial charge in [0.15, 0.2) is 0 Å². The molecule has 2 heterocycles. The van der Waals surface area contributed by atoms with Crippen LogP contribution in [0, 0.1) is 6.92 Å². The number of hydrogen-bond donors (Lipinski definition) is 2. The molecule has 2 N–H and O–H groups in total. The van der Waals surface area contributed by atoms with Gasteiger partial charge in [-0.25, -0.2) is 0 Å². The average Bonchev–Trinajstić information content (AvgIpc) is 2.76. The third kappa shape index (κ3) is 3.02. The lowest BCUT2D eigenvalue weighted by atomic mass is 9.85. The lowest BCUT2D eigenvalue weighted by Crippen LogP contribution is -2.41. The van der Waals surface area contributed by atoms with Crippen molar-refractivity contribution in [3.63, 3.8) is 0 Å². The molecular weight excluding hydrogens is 314 g/mol. The van der Waals surface area contributed by atoms with Crippen LogP contribution in [-0.2, 0) is 15.7 Å². The van der Waals surface area contributed by atoms with Gasteiger partial charge in [-0.05, 0) is 70.0 Å². The summed E-state index contributed by atoms with van der Waals surface area (Å²) in [6, 6.07) is 9.22. The first-order chi connectivity index (χ1) is 11.6. The van der Waals surface area contributed by atoms with Crippen molar-refractivity contribution < 1.29 is 9.59 Å². The fourth-order valence-corrected chi connectivity index (χ4v) is 2.98. The number of nitrogens with one attached hydrogen (secondary N) is 2. The van der Waals surface area contributed by atoms with Crippen LogP contribution in [0.25, 0.3) is 0 Å². The number of benzene rings is 1. The Balaban J connectivity index is 1.86. The van der Waals surface area contributed by atoms with Crippen molar-refractivity contribution in [2.75, 3.05) is 5.32 Å². The minimum Gasteiger partial charge on any atom is -0.343 e. The highest BCUT2D eigenvalue weighted by Crippen LogP contribution is 2.37. The zero-order chi connectivity index (χ0) is 18.4. The van der Waals surface area contributed by atoms with Crippen molar-refractivity contribution in [2.24, 2.45) is 0 Å². The summed E-state index contributed by atoms with van der Waals surface area (Å²) < 4.78 is 0. The van der Waals surface area contributed by atoms with Gasteiger partial charge < -0.3 is 10.6 Å². The van der Waals surface area contributed by atoms with Crippen LogP contribution in [0.1, 0.15) is 54.9 Å². The lowest BCUT2D eigenvalue weighted by molar-refractivity contribution is -0.119. The molecule has 5 heteroatoms. The number of carbonyl (C=O) groups is 2. The molecule has 0 saturated heterocycles.